The Morgan fingerprint density at radius 1 is 1.63 bits per heavy atom. The average Bonchev–Trinajstić information content (AvgIpc) is 3.12. The smallest absolute Gasteiger partial charge is 0.237 e. The Bertz CT molecular complexity index is 464. The zero-order valence-corrected chi connectivity index (χ0v) is 12.2. The van der Waals surface area contributed by atoms with Crippen LogP contribution in [0.5, 0.6) is 0 Å². The van der Waals surface area contributed by atoms with Crippen LogP contribution in [-0.4, -0.2) is 33.2 Å². The van der Waals surface area contributed by atoms with Crippen LogP contribution < -0.4 is 11.1 Å². The second-order valence-electron chi connectivity index (χ2n) is 5.19. The fourth-order valence-electron chi connectivity index (χ4n) is 1.79. The van der Waals surface area contributed by atoms with Crippen molar-refractivity contribution >= 4 is 17.7 Å². The molecule has 1 unspecified atom stereocenters. The minimum Gasteiger partial charge on any atom is -0.368 e. The average molecular weight is 280 g/mol. The molecule has 1 aliphatic rings. The lowest BCUT2D eigenvalue weighted by Crippen LogP contribution is -2.54. The molecule has 1 aromatic heterocycles. The normalized spacial score (nSPS) is 18.0. The number of thioether (sulfide) groups is 1. The number of aryl methyl sites for hydroxylation is 1. The molecule has 1 aromatic rings. The molecular formula is C13H20N4OS. The molecule has 1 atom stereocenters. The monoisotopic (exact) mass is 280 g/mol. The third kappa shape index (κ3) is 4.18. The van der Waals surface area contributed by atoms with Gasteiger partial charge in [0.25, 0.3) is 0 Å². The number of primary amides is 1. The summed E-state index contributed by atoms with van der Waals surface area (Å²) in [6.45, 7) is 3.82. The Kier molecular flexibility index (Phi) is 4.42. The SMILES string of the molecule is Cc1ccnc(SCCC(C)(NC2CC2)C(N)=O)n1. The number of nitrogens with two attached hydrogens (primary N) is 1. The van der Waals surface area contributed by atoms with E-state index in [0.29, 0.717) is 12.5 Å². The van der Waals surface area contributed by atoms with Crippen LogP contribution in [0.25, 0.3) is 0 Å². The second-order valence-corrected chi connectivity index (χ2v) is 6.26. The number of carbonyl (C=O) groups excluding carboxylic acids is 1. The Labute approximate surface area is 117 Å². The summed E-state index contributed by atoms with van der Waals surface area (Å²) in [4.78, 5) is 20.1. The molecule has 19 heavy (non-hydrogen) atoms. The van der Waals surface area contributed by atoms with E-state index in [0.717, 1.165) is 29.4 Å². The minimum atomic E-state index is -0.627. The van der Waals surface area contributed by atoms with Gasteiger partial charge < -0.3 is 11.1 Å². The van der Waals surface area contributed by atoms with E-state index in [-0.39, 0.29) is 5.91 Å². The van der Waals surface area contributed by atoms with Gasteiger partial charge in [-0.1, -0.05) is 11.8 Å². The summed E-state index contributed by atoms with van der Waals surface area (Å²) in [5, 5.41) is 4.08. The van der Waals surface area contributed by atoms with Crippen molar-refractivity contribution in [2.45, 2.75) is 49.8 Å². The molecule has 0 saturated heterocycles. The fourth-order valence-corrected chi connectivity index (χ4v) is 2.82. The summed E-state index contributed by atoms with van der Waals surface area (Å²) in [7, 11) is 0. The van der Waals surface area contributed by atoms with Gasteiger partial charge in [0, 0.05) is 23.7 Å². The van der Waals surface area contributed by atoms with Gasteiger partial charge >= 0.3 is 0 Å². The Morgan fingerprint density at radius 2 is 2.37 bits per heavy atom. The van der Waals surface area contributed by atoms with Gasteiger partial charge in [0.15, 0.2) is 5.16 Å². The van der Waals surface area contributed by atoms with Gasteiger partial charge in [-0.3, -0.25) is 4.79 Å². The van der Waals surface area contributed by atoms with Crippen molar-refractivity contribution in [2.75, 3.05) is 5.75 Å². The molecule has 104 valence electrons. The Hall–Kier alpha value is -1.14. The third-order valence-electron chi connectivity index (χ3n) is 3.25. The first-order chi connectivity index (χ1) is 8.99. The zero-order valence-electron chi connectivity index (χ0n) is 11.3. The van der Waals surface area contributed by atoms with Gasteiger partial charge in [-0.05, 0) is 39.2 Å². The maximum absolute atomic E-state index is 11.6. The third-order valence-corrected chi connectivity index (χ3v) is 4.11. The highest BCUT2D eigenvalue weighted by Crippen LogP contribution is 2.25. The maximum atomic E-state index is 11.6. The minimum absolute atomic E-state index is 0.287. The van der Waals surface area contributed by atoms with E-state index in [9.17, 15) is 4.79 Å². The number of aromatic nitrogens is 2. The van der Waals surface area contributed by atoms with Crippen molar-refractivity contribution in [1.82, 2.24) is 15.3 Å². The maximum Gasteiger partial charge on any atom is 0.237 e. The van der Waals surface area contributed by atoms with Gasteiger partial charge in [0.1, 0.15) is 0 Å². The molecule has 0 aliphatic heterocycles. The first-order valence-corrected chi connectivity index (χ1v) is 7.48. The number of nitrogens with zero attached hydrogens (tertiary/aromatic N) is 2. The first-order valence-electron chi connectivity index (χ1n) is 6.50. The van der Waals surface area contributed by atoms with E-state index in [1.165, 1.54) is 0 Å². The fraction of sp³-hybridized carbons (Fsp3) is 0.615. The molecule has 1 saturated carbocycles. The second kappa shape index (κ2) is 5.88. The summed E-state index contributed by atoms with van der Waals surface area (Å²) >= 11 is 1.56. The van der Waals surface area contributed by atoms with Crippen molar-refractivity contribution < 1.29 is 4.79 Å². The lowest BCUT2D eigenvalue weighted by Gasteiger charge is -2.27. The van der Waals surface area contributed by atoms with Crippen molar-refractivity contribution in [1.29, 1.82) is 0 Å². The predicted octanol–water partition coefficient (Wildman–Crippen LogP) is 1.26. The van der Waals surface area contributed by atoms with Crippen LogP contribution in [-0.2, 0) is 4.79 Å². The number of hydrogen-bond donors (Lipinski definition) is 2. The molecule has 5 nitrogen and oxygen atoms in total. The van der Waals surface area contributed by atoms with Gasteiger partial charge in [-0.25, -0.2) is 9.97 Å². The molecule has 0 aromatic carbocycles. The van der Waals surface area contributed by atoms with Crippen molar-refractivity contribution in [3.8, 4) is 0 Å². The van der Waals surface area contributed by atoms with Crippen LogP contribution in [0.2, 0.25) is 0 Å². The van der Waals surface area contributed by atoms with E-state index in [1.807, 2.05) is 19.9 Å². The van der Waals surface area contributed by atoms with E-state index in [2.05, 4.69) is 15.3 Å². The Balaban J connectivity index is 1.86. The molecule has 6 heteroatoms. The van der Waals surface area contributed by atoms with Crippen LogP contribution >= 0.6 is 11.8 Å². The molecule has 0 spiro atoms. The Morgan fingerprint density at radius 3 is 2.95 bits per heavy atom. The molecule has 2 rings (SSSR count). The van der Waals surface area contributed by atoms with Crippen LogP contribution in [0.3, 0.4) is 0 Å². The van der Waals surface area contributed by atoms with Crippen LogP contribution in [0.1, 0.15) is 31.9 Å². The largest absolute Gasteiger partial charge is 0.368 e. The van der Waals surface area contributed by atoms with Gasteiger partial charge in [-0.15, -0.1) is 0 Å². The number of amides is 1. The van der Waals surface area contributed by atoms with Crippen molar-refractivity contribution in [3.05, 3.63) is 18.0 Å². The van der Waals surface area contributed by atoms with Gasteiger partial charge in [-0.2, -0.15) is 0 Å². The summed E-state index contributed by atoms with van der Waals surface area (Å²) in [6, 6.07) is 2.32. The molecule has 1 amide bonds. The zero-order chi connectivity index (χ0) is 13.9. The molecule has 1 aliphatic carbocycles. The summed E-state index contributed by atoms with van der Waals surface area (Å²) < 4.78 is 0. The number of hydrogen-bond acceptors (Lipinski definition) is 5. The quantitative estimate of drug-likeness (QED) is 0.580. The summed E-state index contributed by atoms with van der Waals surface area (Å²) in [5.74, 6) is 0.480. The van der Waals surface area contributed by atoms with Gasteiger partial charge in [0.05, 0.1) is 5.54 Å². The van der Waals surface area contributed by atoms with Crippen LogP contribution in [0.15, 0.2) is 17.4 Å². The lowest BCUT2D eigenvalue weighted by molar-refractivity contribution is -0.124. The molecule has 0 radical (unpaired) electrons. The number of nitrogens with one attached hydrogen (secondary N) is 1. The topological polar surface area (TPSA) is 80.9 Å². The van der Waals surface area contributed by atoms with E-state index < -0.39 is 5.54 Å². The molecule has 0 bridgehead atoms. The molecular weight excluding hydrogens is 260 g/mol. The molecule has 1 heterocycles. The van der Waals surface area contributed by atoms with E-state index >= 15 is 0 Å². The van der Waals surface area contributed by atoms with Crippen molar-refractivity contribution in [2.24, 2.45) is 5.73 Å². The first kappa shape index (κ1) is 14.3. The molecule has 3 N–H and O–H groups in total. The van der Waals surface area contributed by atoms with Crippen LogP contribution in [0, 0.1) is 6.92 Å². The highest BCUT2D eigenvalue weighted by molar-refractivity contribution is 7.99. The summed E-state index contributed by atoms with van der Waals surface area (Å²) in [6.07, 6.45) is 4.70. The highest BCUT2D eigenvalue weighted by Gasteiger charge is 2.36. The standard InChI is InChI=1S/C13H20N4OS/c1-9-5-7-15-12(16-9)19-8-6-13(2,11(14)18)17-10-3-4-10/h5,7,10,17H,3-4,6,8H2,1-2H3,(H2,14,18). The predicted molar refractivity (Wildman–Crippen MR) is 75.9 cm³/mol. The summed E-state index contributed by atoms with van der Waals surface area (Å²) in [5.41, 5.74) is 5.83. The molecule has 1 fully saturated rings. The highest BCUT2D eigenvalue weighted by atomic mass is 32.2. The number of carbonyl (C=O) groups is 1. The van der Waals surface area contributed by atoms with E-state index in [1.54, 1.807) is 18.0 Å². The van der Waals surface area contributed by atoms with E-state index in [4.69, 9.17) is 5.73 Å². The van der Waals surface area contributed by atoms with Crippen LogP contribution in [0.4, 0.5) is 0 Å². The number of rotatable bonds is 7. The van der Waals surface area contributed by atoms with Crippen molar-refractivity contribution in [3.63, 3.8) is 0 Å². The van der Waals surface area contributed by atoms with Gasteiger partial charge in [0.2, 0.25) is 5.91 Å². The lowest BCUT2D eigenvalue weighted by atomic mass is 9.98.